The van der Waals surface area contributed by atoms with Crippen LogP contribution in [0.15, 0.2) is 35.4 Å². The van der Waals surface area contributed by atoms with Gasteiger partial charge in [-0.15, -0.1) is 0 Å². The molecule has 3 rings (SSSR count). The molecule has 0 saturated heterocycles. The van der Waals surface area contributed by atoms with Gasteiger partial charge in [-0.1, -0.05) is 0 Å². The fourth-order valence-corrected chi connectivity index (χ4v) is 3.63. The van der Waals surface area contributed by atoms with E-state index in [9.17, 15) is 4.79 Å². The number of carbonyl (C=O) groups is 1. The second-order valence-corrected chi connectivity index (χ2v) is 6.62. The zero-order chi connectivity index (χ0) is 21.8. The van der Waals surface area contributed by atoms with Crippen molar-refractivity contribution in [2.75, 3.05) is 35.5 Å². The van der Waals surface area contributed by atoms with Crippen LogP contribution in [0.4, 0.5) is 0 Å². The summed E-state index contributed by atoms with van der Waals surface area (Å²) < 4.78 is 27.3. The molecule has 0 unspecified atom stereocenters. The van der Waals surface area contributed by atoms with Gasteiger partial charge in [0.05, 0.1) is 47.3 Å². The first-order valence-corrected chi connectivity index (χ1v) is 9.37. The molecule has 0 spiro atoms. The minimum absolute atomic E-state index is 0.181. The van der Waals surface area contributed by atoms with Crippen LogP contribution in [0.1, 0.15) is 30.5 Å². The second kappa shape index (κ2) is 8.94. The van der Waals surface area contributed by atoms with E-state index in [1.54, 1.807) is 47.7 Å². The Labute approximate surface area is 175 Å². The Morgan fingerprint density at radius 3 is 2.17 bits per heavy atom. The molecular formula is C22H26N2O6. The summed E-state index contributed by atoms with van der Waals surface area (Å²) in [6, 6.07) is 8.80. The van der Waals surface area contributed by atoms with E-state index in [-0.39, 0.29) is 11.9 Å². The lowest BCUT2D eigenvalue weighted by Gasteiger charge is -2.24. The lowest BCUT2D eigenvalue weighted by molar-refractivity contribution is -0.130. The minimum atomic E-state index is -0.362. The van der Waals surface area contributed by atoms with Gasteiger partial charge in [-0.3, -0.25) is 4.79 Å². The van der Waals surface area contributed by atoms with Crippen molar-refractivity contribution in [3.8, 4) is 28.7 Å². The molecule has 0 aliphatic carbocycles. The maximum absolute atomic E-state index is 12.4. The third-order valence-electron chi connectivity index (χ3n) is 5.05. The van der Waals surface area contributed by atoms with Gasteiger partial charge in [-0.2, -0.15) is 5.10 Å². The van der Waals surface area contributed by atoms with Gasteiger partial charge in [0.15, 0.2) is 11.5 Å². The first-order valence-electron chi connectivity index (χ1n) is 9.37. The number of nitrogens with zero attached hydrogens (tertiary/aromatic N) is 2. The summed E-state index contributed by atoms with van der Waals surface area (Å²) in [4.78, 5) is 12.4. The third kappa shape index (κ3) is 3.72. The number of rotatable bonds is 7. The predicted molar refractivity (Wildman–Crippen MR) is 112 cm³/mol. The number of carbonyl (C=O) groups excluding carboxylic acids is 1. The highest BCUT2D eigenvalue weighted by atomic mass is 16.5. The van der Waals surface area contributed by atoms with Gasteiger partial charge in [0.25, 0.3) is 0 Å². The van der Waals surface area contributed by atoms with Crippen molar-refractivity contribution >= 4 is 11.6 Å². The number of benzene rings is 2. The van der Waals surface area contributed by atoms with Gasteiger partial charge >= 0.3 is 0 Å². The largest absolute Gasteiger partial charge is 0.497 e. The zero-order valence-corrected chi connectivity index (χ0v) is 18.0. The topological polar surface area (TPSA) is 78.8 Å². The molecule has 0 radical (unpaired) electrons. The van der Waals surface area contributed by atoms with Crippen LogP contribution in [-0.4, -0.2) is 52.2 Å². The Morgan fingerprint density at radius 2 is 1.60 bits per heavy atom. The summed E-state index contributed by atoms with van der Waals surface area (Å²) in [6.45, 7) is 1.48. The van der Waals surface area contributed by atoms with E-state index in [0.29, 0.717) is 35.2 Å². The van der Waals surface area contributed by atoms with Gasteiger partial charge in [0, 0.05) is 30.5 Å². The van der Waals surface area contributed by atoms with E-state index < -0.39 is 0 Å². The van der Waals surface area contributed by atoms with Crippen molar-refractivity contribution in [1.82, 2.24) is 5.01 Å². The first kappa shape index (κ1) is 21.3. The number of hydrogen-bond acceptors (Lipinski definition) is 7. The molecule has 1 amide bonds. The maximum Gasteiger partial charge on any atom is 0.240 e. The molecule has 0 N–H and O–H groups in total. The fraction of sp³-hybridized carbons (Fsp3) is 0.364. The molecule has 1 heterocycles. The highest BCUT2D eigenvalue weighted by molar-refractivity contribution is 6.05. The Morgan fingerprint density at radius 1 is 0.900 bits per heavy atom. The SMILES string of the molecule is COc1ccc(C2=NN(C(C)=O)[C@@H](c3ccc(OC)c(OC)c3OC)C2)c(OC)c1. The summed E-state index contributed by atoms with van der Waals surface area (Å²) in [5, 5.41) is 6.07. The third-order valence-corrected chi connectivity index (χ3v) is 5.05. The summed E-state index contributed by atoms with van der Waals surface area (Å²) >= 11 is 0. The summed E-state index contributed by atoms with van der Waals surface area (Å²) in [6.07, 6.45) is 0.480. The molecule has 8 nitrogen and oxygen atoms in total. The smallest absolute Gasteiger partial charge is 0.240 e. The molecule has 0 aromatic heterocycles. The van der Waals surface area contributed by atoms with Crippen molar-refractivity contribution in [2.24, 2.45) is 5.10 Å². The molecule has 1 aliphatic heterocycles. The lowest BCUT2D eigenvalue weighted by atomic mass is 9.96. The molecule has 0 saturated carbocycles. The van der Waals surface area contributed by atoms with Crippen LogP contribution >= 0.6 is 0 Å². The van der Waals surface area contributed by atoms with E-state index in [2.05, 4.69) is 5.10 Å². The average molecular weight is 414 g/mol. The Balaban J connectivity index is 2.07. The quantitative estimate of drug-likeness (QED) is 0.691. The number of hydrogen-bond donors (Lipinski definition) is 0. The van der Waals surface area contributed by atoms with Crippen molar-refractivity contribution in [1.29, 1.82) is 0 Å². The molecule has 0 fully saturated rings. The van der Waals surface area contributed by atoms with Crippen LogP contribution in [0.3, 0.4) is 0 Å². The summed E-state index contributed by atoms with van der Waals surface area (Å²) in [5.41, 5.74) is 2.30. The van der Waals surface area contributed by atoms with Crippen LogP contribution < -0.4 is 23.7 Å². The Bertz CT molecular complexity index is 972. The lowest BCUT2D eigenvalue weighted by Crippen LogP contribution is -2.24. The van der Waals surface area contributed by atoms with Gasteiger partial charge in [-0.25, -0.2) is 5.01 Å². The zero-order valence-electron chi connectivity index (χ0n) is 18.0. The Hall–Kier alpha value is -3.42. The molecule has 0 bridgehead atoms. The molecule has 8 heteroatoms. The number of amides is 1. The fourth-order valence-electron chi connectivity index (χ4n) is 3.63. The van der Waals surface area contributed by atoms with Gasteiger partial charge in [-0.05, 0) is 24.3 Å². The molecule has 1 atom stereocenters. The van der Waals surface area contributed by atoms with E-state index in [0.717, 1.165) is 16.8 Å². The van der Waals surface area contributed by atoms with E-state index >= 15 is 0 Å². The highest BCUT2D eigenvalue weighted by Gasteiger charge is 2.35. The van der Waals surface area contributed by atoms with Gasteiger partial charge in [0.2, 0.25) is 11.7 Å². The summed E-state index contributed by atoms with van der Waals surface area (Å²) in [5.74, 6) is 2.64. The van der Waals surface area contributed by atoms with Crippen LogP contribution in [0.25, 0.3) is 0 Å². The normalized spacial score (nSPS) is 15.5. The van der Waals surface area contributed by atoms with Crippen LogP contribution in [0.5, 0.6) is 28.7 Å². The molecule has 1 aliphatic rings. The van der Waals surface area contributed by atoms with Gasteiger partial charge < -0.3 is 23.7 Å². The number of ether oxygens (including phenoxy) is 5. The molecule has 30 heavy (non-hydrogen) atoms. The monoisotopic (exact) mass is 414 g/mol. The van der Waals surface area contributed by atoms with E-state index in [4.69, 9.17) is 23.7 Å². The van der Waals surface area contributed by atoms with E-state index in [1.807, 2.05) is 18.2 Å². The summed E-state index contributed by atoms with van der Waals surface area (Å²) in [7, 11) is 7.85. The van der Waals surface area contributed by atoms with Crippen LogP contribution in [0, 0.1) is 0 Å². The van der Waals surface area contributed by atoms with Crippen molar-refractivity contribution in [3.05, 3.63) is 41.5 Å². The van der Waals surface area contributed by atoms with Crippen molar-refractivity contribution < 1.29 is 28.5 Å². The second-order valence-electron chi connectivity index (χ2n) is 6.62. The number of methoxy groups -OCH3 is 5. The Kier molecular flexibility index (Phi) is 6.34. The maximum atomic E-state index is 12.4. The van der Waals surface area contributed by atoms with Crippen LogP contribution in [0.2, 0.25) is 0 Å². The minimum Gasteiger partial charge on any atom is -0.497 e. The standard InChI is InChI=1S/C22H26N2O6/c1-13(25)24-18(16-9-10-19(27-3)22(30-6)21(16)29-5)12-17(23-24)15-8-7-14(26-2)11-20(15)28-4/h7-11,18H,12H2,1-6H3/t18-/m1/s1. The molecular weight excluding hydrogens is 388 g/mol. The van der Waals surface area contributed by atoms with E-state index in [1.165, 1.54) is 11.9 Å². The van der Waals surface area contributed by atoms with Crippen molar-refractivity contribution in [2.45, 2.75) is 19.4 Å². The first-order chi connectivity index (χ1) is 14.5. The highest BCUT2D eigenvalue weighted by Crippen LogP contribution is 2.46. The predicted octanol–water partition coefficient (Wildman–Crippen LogP) is 3.43. The molecule has 2 aromatic rings. The average Bonchev–Trinajstić information content (AvgIpc) is 3.22. The molecule has 160 valence electrons. The van der Waals surface area contributed by atoms with Crippen LogP contribution in [-0.2, 0) is 4.79 Å². The van der Waals surface area contributed by atoms with Crippen molar-refractivity contribution in [3.63, 3.8) is 0 Å². The molecule has 2 aromatic carbocycles. The number of hydrazone groups is 1. The van der Waals surface area contributed by atoms with Gasteiger partial charge in [0.1, 0.15) is 11.5 Å².